The summed E-state index contributed by atoms with van der Waals surface area (Å²) < 4.78 is 4.82. The highest BCUT2D eigenvalue weighted by Gasteiger charge is 2.05. The van der Waals surface area contributed by atoms with E-state index in [0.29, 0.717) is 0 Å². The van der Waals surface area contributed by atoms with E-state index in [1.807, 2.05) is 31.5 Å². The van der Waals surface area contributed by atoms with Gasteiger partial charge in [-0.25, -0.2) is 0 Å². The number of aryl methyl sites for hydroxylation is 2. The number of anilines is 1. The summed E-state index contributed by atoms with van der Waals surface area (Å²) in [5.74, 6) is 0. The van der Waals surface area contributed by atoms with E-state index in [9.17, 15) is 4.79 Å². The molecule has 1 aromatic heterocycles. The monoisotopic (exact) mass is 260 g/mol. The van der Waals surface area contributed by atoms with E-state index in [-0.39, 0.29) is 5.56 Å². The summed E-state index contributed by atoms with van der Waals surface area (Å²) in [5.41, 5.74) is 4.28. The Balaban J connectivity index is 2.51. The quantitative estimate of drug-likeness (QED) is 0.861. The maximum atomic E-state index is 11.5. The van der Waals surface area contributed by atoms with Crippen molar-refractivity contribution >= 4 is 17.6 Å². The first-order valence-electron chi connectivity index (χ1n) is 5.68. The molecule has 94 valence electrons. The molecule has 3 nitrogen and oxygen atoms in total. The van der Waals surface area contributed by atoms with E-state index in [2.05, 4.69) is 16.9 Å². The van der Waals surface area contributed by atoms with Gasteiger partial charge in [0.05, 0.1) is 0 Å². The van der Waals surface area contributed by atoms with E-state index in [4.69, 9.17) is 0 Å². The van der Waals surface area contributed by atoms with Crippen molar-refractivity contribution in [2.45, 2.75) is 6.92 Å². The van der Waals surface area contributed by atoms with E-state index in [0.717, 1.165) is 22.4 Å². The van der Waals surface area contributed by atoms with Gasteiger partial charge in [-0.05, 0) is 30.2 Å². The zero-order chi connectivity index (χ0) is 13.1. The molecule has 0 spiro atoms. The Morgan fingerprint density at radius 2 is 2.06 bits per heavy atom. The predicted molar refractivity (Wildman–Crippen MR) is 79.0 cm³/mol. The average Bonchev–Trinajstić information content (AvgIpc) is 2.34. The van der Waals surface area contributed by atoms with Crippen molar-refractivity contribution in [2.24, 2.45) is 7.05 Å². The molecule has 1 aromatic carbocycles. The summed E-state index contributed by atoms with van der Waals surface area (Å²) in [6, 6.07) is 9.85. The topological polar surface area (TPSA) is 34.0 Å². The number of aromatic nitrogens is 1. The van der Waals surface area contributed by atoms with Crippen LogP contribution in [0.15, 0.2) is 41.3 Å². The Morgan fingerprint density at radius 3 is 2.78 bits per heavy atom. The number of nitrogens with one attached hydrogen (secondary N) is 1. The first-order chi connectivity index (χ1) is 8.61. The van der Waals surface area contributed by atoms with Crippen LogP contribution in [0.25, 0.3) is 11.1 Å². The lowest BCUT2D eigenvalue weighted by molar-refractivity contribution is 0.858. The normalized spacial score (nSPS) is 10.4. The van der Waals surface area contributed by atoms with Crippen LogP contribution in [0.1, 0.15) is 5.56 Å². The van der Waals surface area contributed by atoms with E-state index in [1.165, 1.54) is 0 Å². The molecular formula is C14H16N2OS. The number of rotatable bonds is 3. The fourth-order valence-corrected chi connectivity index (χ4v) is 2.26. The number of hydrogen-bond acceptors (Lipinski definition) is 3. The Labute approximate surface area is 111 Å². The minimum Gasteiger partial charge on any atom is -0.330 e. The van der Waals surface area contributed by atoms with E-state index < -0.39 is 0 Å². The Bertz CT molecular complexity index is 619. The first-order valence-corrected chi connectivity index (χ1v) is 6.91. The number of pyridine rings is 1. The molecule has 4 heteroatoms. The van der Waals surface area contributed by atoms with Gasteiger partial charge in [-0.3, -0.25) is 4.79 Å². The van der Waals surface area contributed by atoms with Crippen molar-refractivity contribution < 1.29 is 0 Å². The van der Waals surface area contributed by atoms with Crippen LogP contribution in [-0.4, -0.2) is 10.8 Å². The predicted octanol–water partition coefficient (Wildman–Crippen LogP) is 3.05. The minimum atomic E-state index is 0.0228. The molecular weight excluding hydrogens is 244 g/mol. The molecule has 0 unspecified atom stereocenters. The average molecular weight is 260 g/mol. The van der Waals surface area contributed by atoms with Gasteiger partial charge in [-0.1, -0.05) is 24.1 Å². The van der Waals surface area contributed by atoms with Crippen molar-refractivity contribution in [3.63, 3.8) is 0 Å². The van der Waals surface area contributed by atoms with E-state index in [1.54, 1.807) is 29.6 Å². The molecule has 0 fully saturated rings. The molecule has 0 radical (unpaired) electrons. The third-order valence-corrected chi connectivity index (χ3v) is 3.27. The summed E-state index contributed by atoms with van der Waals surface area (Å²) in [6.45, 7) is 1.96. The molecule has 2 rings (SSSR count). The molecule has 0 aliphatic heterocycles. The van der Waals surface area contributed by atoms with Crippen molar-refractivity contribution in [2.75, 3.05) is 11.0 Å². The summed E-state index contributed by atoms with van der Waals surface area (Å²) in [4.78, 5) is 11.5. The van der Waals surface area contributed by atoms with Crippen molar-refractivity contribution in [3.05, 3.63) is 52.4 Å². The van der Waals surface area contributed by atoms with Gasteiger partial charge in [0, 0.05) is 36.8 Å². The number of benzene rings is 1. The van der Waals surface area contributed by atoms with Crippen LogP contribution in [-0.2, 0) is 7.05 Å². The minimum absolute atomic E-state index is 0.0228. The molecule has 1 N–H and O–H groups in total. The molecule has 2 aromatic rings. The molecule has 0 saturated heterocycles. The fourth-order valence-electron chi connectivity index (χ4n) is 1.89. The zero-order valence-electron chi connectivity index (χ0n) is 10.7. The number of nitrogens with zero attached hydrogens (tertiary/aromatic N) is 1. The van der Waals surface area contributed by atoms with Gasteiger partial charge in [-0.2, -0.15) is 0 Å². The lowest BCUT2D eigenvalue weighted by Gasteiger charge is -2.10. The smallest absolute Gasteiger partial charge is 0.250 e. The largest absolute Gasteiger partial charge is 0.330 e. The lowest BCUT2D eigenvalue weighted by atomic mass is 10.0. The fraction of sp³-hybridized carbons (Fsp3) is 0.214. The molecule has 0 amide bonds. The summed E-state index contributed by atoms with van der Waals surface area (Å²) in [5, 5.41) is 0. The summed E-state index contributed by atoms with van der Waals surface area (Å²) in [6.07, 6.45) is 3.88. The molecule has 1 heterocycles. The first kappa shape index (κ1) is 12.8. The van der Waals surface area contributed by atoms with Crippen LogP contribution >= 0.6 is 11.9 Å². The van der Waals surface area contributed by atoms with Gasteiger partial charge in [0.15, 0.2) is 0 Å². The second-order valence-corrected chi connectivity index (χ2v) is 4.82. The molecule has 0 aliphatic carbocycles. The molecule has 0 bridgehead atoms. The zero-order valence-corrected chi connectivity index (χ0v) is 11.5. The van der Waals surface area contributed by atoms with Crippen LogP contribution < -0.4 is 10.3 Å². The van der Waals surface area contributed by atoms with Crippen molar-refractivity contribution in [3.8, 4) is 11.1 Å². The van der Waals surface area contributed by atoms with Gasteiger partial charge < -0.3 is 9.29 Å². The van der Waals surface area contributed by atoms with Crippen LogP contribution in [0.3, 0.4) is 0 Å². The molecule has 18 heavy (non-hydrogen) atoms. The van der Waals surface area contributed by atoms with Crippen molar-refractivity contribution in [1.82, 2.24) is 4.57 Å². The molecule has 0 aliphatic rings. The van der Waals surface area contributed by atoms with Gasteiger partial charge >= 0.3 is 0 Å². The second-order valence-electron chi connectivity index (χ2n) is 4.21. The van der Waals surface area contributed by atoms with Crippen LogP contribution in [0.2, 0.25) is 0 Å². The van der Waals surface area contributed by atoms with Crippen LogP contribution in [0.4, 0.5) is 5.69 Å². The van der Waals surface area contributed by atoms with Gasteiger partial charge in [-0.15, -0.1) is 0 Å². The van der Waals surface area contributed by atoms with Crippen LogP contribution in [0, 0.1) is 6.92 Å². The Kier molecular flexibility index (Phi) is 3.77. The maximum absolute atomic E-state index is 11.5. The highest BCUT2D eigenvalue weighted by atomic mass is 32.2. The van der Waals surface area contributed by atoms with Gasteiger partial charge in [0.2, 0.25) is 0 Å². The summed E-state index contributed by atoms with van der Waals surface area (Å²) in [7, 11) is 1.77. The number of hydrogen-bond donors (Lipinski definition) is 1. The van der Waals surface area contributed by atoms with Gasteiger partial charge in [0.1, 0.15) is 0 Å². The maximum Gasteiger partial charge on any atom is 0.250 e. The molecule has 0 saturated carbocycles. The van der Waals surface area contributed by atoms with E-state index >= 15 is 0 Å². The third kappa shape index (κ3) is 2.59. The second kappa shape index (κ2) is 5.31. The van der Waals surface area contributed by atoms with Crippen molar-refractivity contribution in [1.29, 1.82) is 0 Å². The standard InChI is InChI=1S/C14H16N2OS/c1-10-7-14(17)16(2)9-13(10)11-5-4-6-12(8-11)15-18-3/h4-9,15H,1-3H3. The van der Waals surface area contributed by atoms with Crippen LogP contribution in [0.5, 0.6) is 0 Å². The highest BCUT2D eigenvalue weighted by molar-refractivity contribution is 7.99. The molecule has 0 atom stereocenters. The SMILES string of the molecule is CSNc1cccc(-c2cn(C)c(=O)cc2C)c1. The highest BCUT2D eigenvalue weighted by Crippen LogP contribution is 2.25. The third-order valence-electron chi connectivity index (χ3n) is 2.83. The van der Waals surface area contributed by atoms with Gasteiger partial charge in [0.25, 0.3) is 5.56 Å². The Hall–Kier alpha value is -1.68. The summed E-state index contributed by atoms with van der Waals surface area (Å²) >= 11 is 1.56. The Morgan fingerprint density at radius 1 is 1.28 bits per heavy atom. The lowest BCUT2D eigenvalue weighted by Crippen LogP contribution is -2.15.